The summed E-state index contributed by atoms with van der Waals surface area (Å²) in [5, 5.41) is -0.217. The number of aryl methyl sites for hydroxylation is 1. The van der Waals surface area contributed by atoms with Crippen LogP contribution in [0.3, 0.4) is 0 Å². The van der Waals surface area contributed by atoms with Gasteiger partial charge in [0, 0.05) is 33.2 Å². The molecule has 154 valence electrons. The zero-order valence-electron chi connectivity index (χ0n) is 16.0. The molecule has 4 rings (SSSR count). The molecule has 12 heteroatoms. The lowest BCUT2D eigenvalue weighted by Crippen LogP contribution is -2.49. The molecule has 0 bridgehead atoms. The van der Waals surface area contributed by atoms with E-state index in [1.165, 1.54) is 34.5 Å². The van der Waals surface area contributed by atoms with Crippen LogP contribution in [0.1, 0.15) is 12.8 Å². The van der Waals surface area contributed by atoms with Crippen LogP contribution >= 0.6 is 11.8 Å². The summed E-state index contributed by atoms with van der Waals surface area (Å²) in [5.41, 5.74) is -0.558. The Hall–Kier alpha value is -2.89. The first-order chi connectivity index (χ1) is 13.8. The van der Waals surface area contributed by atoms with E-state index in [2.05, 4.69) is 4.98 Å². The monoisotopic (exact) mass is 420 g/mol. The zero-order valence-corrected chi connectivity index (χ0v) is 16.8. The van der Waals surface area contributed by atoms with Gasteiger partial charge in [-0.3, -0.25) is 33.2 Å². The lowest BCUT2D eigenvalue weighted by atomic mass is 10.0. The zero-order chi connectivity index (χ0) is 20.9. The molecule has 2 fully saturated rings. The normalized spacial score (nSPS) is 18.3. The Morgan fingerprint density at radius 3 is 2.45 bits per heavy atom. The van der Waals surface area contributed by atoms with Gasteiger partial charge in [-0.2, -0.15) is 0 Å². The van der Waals surface area contributed by atoms with Crippen molar-refractivity contribution in [1.82, 2.24) is 28.5 Å². The lowest BCUT2D eigenvalue weighted by molar-refractivity contribution is -0.133. The molecule has 2 aliphatic heterocycles. The van der Waals surface area contributed by atoms with E-state index in [4.69, 9.17) is 0 Å². The van der Waals surface area contributed by atoms with Gasteiger partial charge in [0.25, 0.3) is 10.8 Å². The number of amides is 3. The highest BCUT2D eigenvalue weighted by Crippen LogP contribution is 2.26. The van der Waals surface area contributed by atoms with Crippen molar-refractivity contribution in [2.75, 3.05) is 18.8 Å². The molecule has 0 saturated carbocycles. The van der Waals surface area contributed by atoms with Gasteiger partial charge in [0.15, 0.2) is 11.2 Å². The van der Waals surface area contributed by atoms with Gasteiger partial charge in [0.05, 0.1) is 12.1 Å². The lowest BCUT2D eigenvalue weighted by Gasteiger charge is -2.35. The smallest absolute Gasteiger partial charge is 0.332 e. The van der Waals surface area contributed by atoms with Crippen LogP contribution in [-0.4, -0.2) is 70.4 Å². The molecular formula is C17H20N6O5S. The van der Waals surface area contributed by atoms with Crippen molar-refractivity contribution in [3.63, 3.8) is 0 Å². The third-order valence-electron chi connectivity index (χ3n) is 5.49. The molecule has 2 saturated heterocycles. The van der Waals surface area contributed by atoms with Gasteiger partial charge < -0.3 is 9.47 Å². The van der Waals surface area contributed by atoms with Crippen molar-refractivity contribution < 1.29 is 14.4 Å². The van der Waals surface area contributed by atoms with Crippen molar-refractivity contribution in [2.24, 2.45) is 14.1 Å². The van der Waals surface area contributed by atoms with Gasteiger partial charge in [-0.15, -0.1) is 0 Å². The van der Waals surface area contributed by atoms with Crippen molar-refractivity contribution in [3.05, 3.63) is 27.2 Å². The number of carbonyl (C=O) groups excluding carboxylic acids is 3. The first-order valence-electron chi connectivity index (χ1n) is 9.17. The molecule has 0 atom stereocenters. The summed E-state index contributed by atoms with van der Waals surface area (Å²) in [6.45, 7) is 0.773. The second-order valence-corrected chi connectivity index (χ2v) is 8.11. The maximum Gasteiger partial charge on any atom is 0.332 e. The SMILES string of the molecule is Cn1c(=O)c2c(ncn2CC(=O)N2CCC(N3C(=O)CSC3=O)CC2)n(C)c1=O. The Labute approximate surface area is 168 Å². The fraction of sp³-hybridized carbons (Fsp3) is 0.529. The van der Waals surface area contributed by atoms with E-state index in [0.29, 0.717) is 25.9 Å². The Bertz CT molecular complexity index is 1120. The predicted octanol–water partition coefficient (Wildman–Crippen LogP) is -0.880. The van der Waals surface area contributed by atoms with E-state index in [1.54, 1.807) is 4.90 Å². The van der Waals surface area contributed by atoms with Crippen LogP contribution in [0.25, 0.3) is 11.2 Å². The number of thioether (sulfide) groups is 1. The van der Waals surface area contributed by atoms with Crippen molar-refractivity contribution in [1.29, 1.82) is 0 Å². The van der Waals surface area contributed by atoms with Crippen LogP contribution in [0.5, 0.6) is 0 Å². The molecule has 0 aliphatic carbocycles. The summed E-state index contributed by atoms with van der Waals surface area (Å²) in [6, 6.07) is -0.176. The highest BCUT2D eigenvalue weighted by molar-refractivity contribution is 8.14. The fourth-order valence-electron chi connectivity index (χ4n) is 3.85. The minimum absolute atomic E-state index is 0.0773. The molecule has 2 aromatic rings. The fourth-order valence-corrected chi connectivity index (χ4v) is 4.63. The molecule has 0 N–H and O–H groups in total. The molecule has 2 aliphatic rings. The first kappa shape index (κ1) is 19.4. The van der Waals surface area contributed by atoms with E-state index >= 15 is 0 Å². The minimum atomic E-state index is -0.504. The van der Waals surface area contributed by atoms with Gasteiger partial charge in [-0.05, 0) is 12.8 Å². The number of piperidine rings is 1. The molecule has 11 nitrogen and oxygen atoms in total. The Balaban J connectivity index is 1.49. The highest BCUT2D eigenvalue weighted by atomic mass is 32.2. The van der Waals surface area contributed by atoms with Crippen LogP contribution in [0.15, 0.2) is 15.9 Å². The number of hydrogen-bond donors (Lipinski definition) is 0. The predicted molar refractivity (Wildman–Crippen MR) is 105 cm³/mol. The van der Waals surface area contributed by atoms with Gasteiger partial charge in [-0.1, -0.05) is 11.8 Å². The van der Waals surface area contributed by atoms with E-state index < -0.39 is 11.2 Å². The molecule has 4 heterocycles. The maximum absolute atomic E-state index is 12.8. The Morgan fingerprint density at radius 1 is 1.14 bits per heavy atom. The Morgan fingerprint density at radius 2 is 1.83 bits per heavy atom. The standard InChI is InChI=1S/C17H20N6O5S/c1-19-14-13(15(26)20(2)16(19)27)22(9-18-14)7-11(24)21-5-3-10(4-6-21)23-12(25)8-29-17(23)28/h9-10H,3-8H2,1-2H3. The molecule has 2 aromatic heterocycles. The highest BCUT2D eigenvalue weighted by Gasteiger charge is 2.38. The number of imide groups is 1. The van der Waals surface area contributed by atoms with Crippen LogP contribution in [0.4, 0.5) is 4.79 Å². The summed E-state index contributed by atoms with van der Waals surface area (Å²) < 4.78 is 3.71. The number of rotatable bonds is 3. The molecule has 0 aromatic carbocycles. The van der Waals surface area contributed by atoms with E-state index in [1.807, 2.05) is 0 Å². The number of likely N-dealkylation sites (tertiary alicyclic amines) is 1. The van der Waals surface area contributed by atoms with E-state index in [0.717, 1.165) is 16.3 Å². The van der Waals surface area contributed by atoms with Crippen molar-refractivity contribution in [2.45, 2.75) is 25.4 Å². The van der Waals surface area contributed by atoms with Gasteiger partial charge >= 0.3 is 5.69 Å². The quantitative estimate of drug-likeness (QED) is 0.632. The third-order valence-corrected chi connectivity index (χ3v) is 6.32. The van der Waals surface area contributed by atoms with E-state index in [-0.39, 0.29) is 46.6 Å². The second kappa shape index (κ2) is 7.17. The van der Waals surface area contributed by atoms with Crippen LogP contribution in [0.2, 0.25) is 0 Å². The van der Waals surface area contributed by atoms with Crippen LogP contribution in [-0.2, 0) is 30.2 Å². The molecule has 3 amide bonds. The molecule has 0 radical (unpaired) electrons. The summed E-state index contributed by atoms with van der Waals surface area (Å²) >= 11 is 1.01. The summed E-state index contributed by atoms with van der Waals surface area (Å²) in [6.07, 6.45) is 2.45. The van der Waals surface area contributed by atoms with Crippen LogP contribution in [0, 0.1) is 0 Å². The Kier molecular flexibility index (Phi) is 4.81. The maximum atomic E-state index is 12.8. The van der Waals surface area contributed by atoms with Crippen LogP contribution < -0.4 is 11.2 Å². The third kappa shape index (κ3) is 3.16. The van der Waals surface area contributed by atoms with Gasteiger partial charge in [0.1, 0.15) is 6.54 Å². The molecule has 29 heavy (non-hydrogen) atoms. The molecular weight excluding hydrogens is 400 g/mol. The van der Waals surface area contributed by atoms with Crippen molar-refractivity contribution in [3.8, 4) is 0 Å². The summed E-state index contributed by atoms with van der Waals surface area (Å²) in [4.78, 5) is 68.1. The van der Waals surface area contributed by atoms with Gasteiger partial charge in [0.2, 0.25) is 11.8 Å². The minimum Gasteiger partial charge on any atom is -0.341 e. The van der Waals surface area contributed by atoms with E-state index in [9.17, 15) is 24.0 Å². The average Bonchev–Trinajstić information content (AvgIpc) is 3.28. The summed E-state index contributed by atoms with van der Waals surface area (Å²) in [5.74, 6) is -0.174. The van der Waals surface area contributed by atoms with Gasteiger partial charge in [-0.25, -0.2) is 9.78 Å². The molecule has 0 spiro atoms. The summed E-state index contributed by atoms with van der Waals surface area (Å²) in [7, 11) is 2.90. The number of imidazole rings is 1. The van der Waals surface area contributed by atoms with Crippen molar-refractivity contribution >= 4 is 40.0 Å². The molecule has 0 unspecified atom stereocenters. The number of nitrogens with zero attached hydrogens (tertiary/aromatic N) is 6. The second-order valence-electron chi connectivity index (χ2n) is 7.18. The largest absolute Gasteiger partial charge is 0.341 e. The number of carbonyl (C=O) groups is 3. The number of hydrogen-bond acceptors (Lipinski definition) is 7. The topological polar surface area (TPSA) is 120 Å². The number of aromatic nitrogens is 4. The number of fused-ring (bicyclic) bond motifs is 1. The average molecular weight is 420 g/mol. The first-order valence-corrected chi connectivity index (χ1v) is 10.2.